The highest BCUT2D eigenvalue weighted by Gasteiger charge is 2.07. The maximum absolute atomic E-state index is 5.97. The molecule has 0 unspecified atom stereocenters. The average molecular weight is 222 g/mol. The third-order valence-electron chi connectivity index (χ3n) is 2.28. The Morgan fingerprint density at radius 3 is 2.67 bits per heavy atom. The zero-order chi connectivity index (χ0) is 11.0. The van der Waals surface area contributed by atoms with Crippen LogP contribution in [0.4, 0.5) is 11.5 Å². The molecular weight excluding hydrogens is 210 g/mol. The van der Waals surface area contributed by atoms with Crippen LogP contribution in [0, 0.1) is 0 Å². The first-order chi connectivity index (χ1) is 7.09. The summed E-state index contributed by atoms with van der Waals surface area (Å²) in [5, 5.41) is 2.60. The molecule has 0 fully saturated rings. The molecule has 0 saturated heterocycles. The highest BCUT2D eigenvalue weighted by molar-refractivity contribution is 6.32. The van der Waals surface area contributed by atoms with Gasteiger partial charge in [-0.15, -0.1) is 0 Å². The van der Waals surface area contributed by atoms with E-state index in [9.17, 15) is 0 Å². The summed E-state index contributed by atoms with van der Waals surface area (Å²) in [5.74, 6) is 0.877. The standard InChI is InChI=1S/C11H12ClN3/c1-15(2)11-9-5-7(12)6-10(13)8(9)3-4-14-11/h3-6H,13H2,1-2H3. The second-order valence-electron chi connectivity index (χ2n) is 3.62. The Bertz CT molecular complexity index is 508. The van der Waals surface area contributed by atoms with Crippen molar-refractivity contribution >= 4 is 33.9 Å². The predicted molar refractivity (Wildman–Crippen MR) is 65.5 cm³/mol. The topological polar surface area (TPSA) is 42.2 Å². The number of halogens is 1. The number of nitrogens with zero attached hydrogens (tertiary/aromatic N) is 2. The van der Waals surface area contributed by atoms with Crippen LogP contribution >= 0.6 is 11.6 Å². The second-order valence-corrected chi connectivity index (χ2v) is 4.06. The van der Waals surface area contributed by atoms with Crippen molar-refractivity contribution in [3.8, 4) is 0 Å². The van der Waals surface area contributed by atoms with Crippen LogP contribution in [-0.4, -0.2) is 19.1 Å². The summed E-state index contributed by atoms with van der Waals surface area (Å²) in [4.78, 5) is 6.24. The van der Waals surface area contributed by atoms with Crippen LogP contribution in [0.5, 0.6) is 0 Å². The van der Waals surface area contributed by atoms with E-state index in [4.69, 9.17) is 17.3 Å². The average Bonchev–Trinajstić information content (AvgIpc) is 2.16. The number of hydrogen-bond donors (Lipinski definition) is 1. The third-order valence-corrected chi connectivity index (χ3v) is 2.50. The molecule has 78 valence electrons. The van der Waals surface area contributed by atoms with Crippen LogP contribution in [0.15, 0.2) is 24.4 Å². The molecule has 1 aromatic heterocycles. The van der Waals surface area contributed by atoms with Gasteiger partial charge < -0.3 is 10.6 Å². The zero-order valence-electron chi connectivity index (χ0n) is 8.66. The van der Waals surface area contributed by atoms with E-state index in [1.54, 1.807) is 12.3 Å². The molecule has 0 saturated carbocycles. The van der Waals surface area contributed by atoms with Crippen LogP contribution in [0.1, 0.15) is 0 Å². The molecule has 1 heterocycles. The minimum absolute atomic E-state index is 0.635. The molecule has 0 aliphatic heterocycles. The summed E-state index contributed by atoms with van der Waals surface area (Å²) < 4.78 is 0. The minimum atomic E-state index is 0.635. The van der Waals surface area contributed by atoms with Crippen molar-refractivity contribution in [2.75, 3.05) is 24.7 Å². The zero-order valence-corrected chi connectivity index (χ0v) is 9.42. The van der Waals surface area contributed by atoms with E-state index in [-0.39, 0.29) is 0 Å². The van der Waals surface area contributed by atoms with Gasteiger partial charge in [0, 0.05) is 41.8 Å². The van der Waals surface area contributed by atoms with Gasteiger partial charge in [-0.2, -0.15) is 0 Å². The van der Waals surface area contributed by atoms with Crippen LogP contribution in [0.3, 0.4) is 0 Å². The number of nitrogens with two attached hydrogens (primary N) is 1. The molecular formula is C11H12ClN3. The van der Waals surface area contributed by atoms with Crippen molar-refractivity contribution < 1.29 is 0 Å². The van der Waals surface area contributed by atoms with Crippen LogP contribution < -0.4 is 10.6 Å². The highest BCUT2D eigenvalue weighted by Crippen LogP contribution is 2.30. The van der Waals surface area contributed by atoms with Gasteiger partial charge in [0.2, 0.25) is 0 Å². The molecule has 0 radical (unpaired) electrons. The normalized spacial score (nSPS) is 10.6. The molecule has 2 rings (SSSR count). The van der Waals surface area contributed by atoms with E-state index in [0.717, 1.165) is 16.6 Å². The molecule has 4 heteroatoms. The molecule has 0 aliphatic carbocycles. The SMILES string of the molecule is CN(C)c1nccc2c(N)cc(Cl)cc12. The maximum atomic E-state index is 5.97. The molecule has 2 N–H and O–H groups in total. The monoisotopic (exact) mass is 221 g/mol. The number of fused-ring (bicyclic) bond motifs is 1. The van der Waals surface area contributed by atoms with Gasteiger partial charge in [-0.25, -0.2) is 4.98 Å². The Balaban J connectivity index is 2.85. The van der Waals surface area contributed by atoms with E-state index >= 15 is 0 Å². The van der Waals surface area contributed by atoms with E-state index in [2.05, 4.69) is 4.98 Å². The van der Waals surface area contributed by atoms with Crippen molar-refractivity contribution in [3.63, 3.8) is 0 Å². The lowest BCUT2D eigenvalue weighted by atomic mass is 10.1. The van der Waals surface area contributed by atoms with Gasteiger partial charge in [0.15, 0.2) is 0 Å². The lowest BCUT2D eigenvalue weighted by molar-refractivity contribution is 1.08. The van der Waals surface area contributed by atoms with Crippen molar-refractivity contribution in [2.24, 2.45) is 0 Å². The third kappa shape index (κ3) is 1.70. The number of anilines is 2. The van der Waals surface area contributed by atoms with Gasteiger partial charge in [-0.3, -0.25) is 0 Å². The summed E-state index contributed by atoms with van der Waals surface area (Å²) in [7, 11) is 3.89. The molecule has 0 bridgehead atoms. The first-order valence-electron chi connectivity index (χ1n) is 4.60. The Hall–Kier alpha value is -1.48. The van der Waals surface area contributed by atoms with Crippen molar-refractivity contribution in [1.29, 1.82) is 0 Å². The lowest BCUT2D eigenvalue weighted by Crippen LogP contribution is -2.11. The predicted octanol–water partition coefficient (Wildman–Crippen LogP) is 2.54. The molecule has 3 nitrogen and oxygen atoms in total. The van der Waals surface area contributed by atoms with Gasteiger partial charge in [0.1, 0.15) is 5.82 Å². The quantitative estimate of drug-likeness (QED) is 0.753. The number of nitrogen functional groups attached to an aromatic ring is 1. The van der Waals surface area contributed by atoms with E-state index in [1.165, 1.54) is 0 Å². The fourth-order valence-corrected chi connectivity index (χ4v) is 1.85. The van der Waals surface area contributed by atoms with Crippen molar-refractivity contribution in [1.82, 2.24) is 4.98 Å². The molecule has 1 aromatic carbocycles. The second kappa shape index (κ2) is 3.59. The molecule has 2 aromatic rings. The summed E-state index contributed by atoms with van der Waals surface area (Å²) in [6.45, 7) is 0. The number of rotatable bonds is 1. The summed E-state index contributed by atoms with van der Waals surface area (Å²) in [5.41, 5.74) is 6.58. The number of aromatic nitrogens is 1. The molecule has 15 heavy (non-hydrogen) atoms. The van der Waals surface area contributed by atoms with Crippen LogP contribution in [0.2, 0.25) is 5.02 Å². The molecule has 0 aliphatic rings. The minimum Gasteiger partial charge on any atom is -0.398 e. The number of benzene rings is 1. The Kier molecular flexibility index (Phi) is 2.40. The van der Waals surface area contributed by atoms with E-state index < -0.39 is 0 Å². The van der Waals surface area contributed by atoms with Gasteiger partial charge in [-0.1, -0.05) is 11.6 Å². The van der Waals surface area contributed by atoms with Gasteiger partial charge >= 0.3 is 0 Å². The molecule has 0 amide bonds. The Labute approximate surface area is 93.5 Å². The largest absolute Gasteiger partial charge is 0.398 e. The summed E-state index contributed by atoms with van der Waals surface area (Å²) >= 11 is 5.97. The Morgan fingerprint density at radius 1 is 1.27 bits per heavy atom. The van der Waals surface area contributed by atoms with Gasteiger partial charge in [0.05, 0.1) is 0 Å². The van der Waals surface area contributed by atoms with Gasteiger partial charge in [-0.05, 0) is 18.2 Å². The summed E-state index contributed by atoms with van der Waals surface area (Å²) in [6, 6.07) is 5.53. The van der Waals surface area contributed by atoms with Crippen LogP contribution in [-0.2, 0) is 0 Å². The fraction of sp³-hybridized carbons (Fsp3) is 0.182. The highest BCUT2D eigenvalue weighted by atomic mass is 35.5. The Morgan fingerprint density at radius 2 is 2.00 bits per heavy atom. The van der Waals surface area contributed by atoms with E-state index in [0.29, 0.717) is 10.7 Å². The lowest BCUT2D eigenvalue weighted by Gasteiger charge is -2.14. The first kappa shape index (κ1) is 10.1. The first-order valence-corrected chi connectivity index (χ1v) is 4.98. The van der Waals surface area contributed by atoms with Crippen molar-refractivity contribution in [3.05, 3.63) is 29.4 Å². The van der Waals surface area contributed by atoms with E-state index in [1.807, 2.05) is 31.1 Å². The fourth-order valence-electron chi connectivity index (χ4n) is 1.62. The number of pyridine rings is 1. The number of hydrogen-bond acceptors (Lipinski definition) is 3. The van der Waals surface area contributed by atoms with Crippen molar-refractivity contribution in [2.45, 2.75) is 0 Å². The van der Waals surface area contributed by atoms with Crippen LogP contribution in [0.25, 0.3) is 10.8 Å². The molecule has 0 spiro atoms. The molecule has 0 atom stereocenters. The van der Waals surface area contributed by atoms with Gasteiger partial charge in [0.25, 0.3) is 0 Å². The maximum Gasteiger partial charge on any atom is 0.136 e. The summed E-state index contributed by atoms with van der Waals surface area (Å²) in [6.07, 6.45) is 1.75. The smallest absolute Gasteiger partial charge is 0.136 e.